The molecule has 2 N–H and O–H groups in total. The Morgan fingerprint density at radius 3 is 2.96 bits per heavy atom. The predicted molar refractivity (Wildman–Crippen MR) is 102 cm³/mol. The number of hydrogen-bond donors (Lipinski definition) is 2. The van der Waals surface area contributed by atoms with Crippen molar-refractivity contribution in [1.29, 1.82) is 0 Å². The Kier molecular flexibility index (Phi) is 4.68. The highest BCUT2D eigenvalue weighted by Crippen LogP contribution is 2.33. The number of nitrogens with zero attached hydrogens (tertiary/aromatic N) is 3. The van der Waals surface area contributed by atoms with Crippen LogP contribution in [-0.2, 0) is 24.9 Å². The standard InChI is InChI=1S/C20H27N5O/c1-24-15-21-13-17(24)14-25-9-4-7-20(8-10-25)11-19(26)22-12-16-5-2-3-6-18(16)23-20/h2-3,5-6,13,15,23H,4,7-12,14H2,1H3,(H,22,26). The zero-order chi connectivity index (χ0) is 18.0. The maximum atomic E-state index is 12.4. The van der Waals surface area contributed by atoms with Gasteiger partial charge in [-0.25, -0.2) is 4.98 Å². The first-order chi connectivity index (χ1) is 12.6. The molecular formula is C20H27N5O. The van der Waals surface area contributed by atoms with Crippen LogP contribution in [-0.4, -0.2) is 39.0 Å². The fourth-order valence-electron chi connectivity index (χ4n) is 4.17. The number of anilines is 1. The van der Waals surface area contributed by atoms with Crippen LogP contribution >= 0.6 is 0 Å². The molecule has 0 bridgehead atoms. The summed E-state index contributed by atoms with van der Waals surface area (Å²) in [5, 5.41) is 6.85. The molecular weight excluding hydrogens is 326 g/mol. The van der Waals surface area contributed by atoms with E-state index in [9.17, 15) is 4.79 Å². The lowest BCUT2D eigenvalue weighted by Gasteiger charge is -2.37. The second-order valence-electron chi connectivity index (χ2n) is 7.64. The lowest BCUT2D eigenvalue weighted by molar-refractivity contribution is -0.122. The summed E-state index contributed by atoms with van der Waals surface area (Å²) in [5.74, 6) is 0.145. The van der Waals surface area contributed by atoms with Crippen LogP contribution in [0.25, 0.3) is 0 Å². The molecule has 4 rings (SSSR count). The SMILES string of the molecule is Cn1cncc1CN1CCCC2(CC1)CC(=O)NCc1ccccc1N2. The van der Waals surface area contributed by atoms with Gasteiger partial charge in [-0.05, 0) is 37.4 Å². The third kappa shape index (κ3) is 3.60. The van der Waals surface area contributed by atoms with E-state index >= 15 is 0 Å². The van der Waals surface area contributed by atoms with E-state index in [0.717, 1.165) is 50.1 Å². The summed E-state index contributed by atoms with van der Waals surface area (Å²) in [6.45, 7) is 3.55. The fourth-order valence-corrected chi connectivity index (χ4v) is 4.17. The van der Waals surface area contributed by atoms with E-state index in [1.54, 1.807) is 0 Å². The normalized spacial score (nSPS) is 24.1. The van der Waals surface area contributed by atoms with Gasteiger partial charge in [-0.2, -0.15) is 0 Å². The van der Waals surface area contributed by atoms with Crippen LogP contribution in [0.3, 0.4) is 0 Å². The van der Waals surface area contributed by atoms with Crippen LogP contribution in [0.5, 0.6) is 0 Å². The van der Waals surface area contributed by atoms with E-state index in [1.165, 1.54) is 5.69 Å². The summed E-state index contributed by atoms with van der Waals surface area (Å²) in [4.78, 5) is 19.1. The lowest BCUT2D eigenvalue weighted by atomic mass is 9.85. The molecule has 1 amide bonds. The number of para-hydroxylation sites is 1. The van der Waals surface area contributed by atoms with Crippen molar-refractivity contribution in [1.82, 2.24) is 19.8 Å². The molecule has 1 aromatic heterocycles. The van der Waals surface area contributed by atoms with Crippen molar-refractivity contribution in [3.63, 3.8) is 0 Å². The number of aromatic nitrogens is 2. The van der Waals surface area contributed by atoms with Gasteiger partial charge in [0.1, 0.15) is 0 Å². The maximum absolute atomic E-state index is 12.4. The summed E-state index contributed by atoms with van der Waals surface area (Å²) < 4.78 is 2.08. The Hall–Kier alpha value is -2.34. The minimum Gasteiger partial charge on any atom is -0.379 e. The molecule has 138 valence electrons. The minimum absolute atomic E-state index is 0.145. The van der Waals surface area contributed by atoms with Crippen molar-refractivity contribution in [3.8, 4) is 0 Å². The number of benzene rings is 1. The van der Waals surface area contributed by atoms with Crippen molar-refractivity contribution in [2.45, 2.75) is 44.3 Å². The highest BCUT2D eigenvalue weighted by Gasteiger charge is 2.36. The largest absolute Gasteiger partial charge is 0.379 e. The molecule has 1 atom stereocenters. The number of carbonyl (C=O) groups is 1. The highest BCUT2D eigenvalue weighted by molar-refractivity contribution is 5.79. The zero-order valence-corrected chi connectivity index (χ0v) is 15.4. The minimum atomic E-state index is -0.165. The maximum Gasteiger partial charge on any atom is 0.222 e. The van der Waals surface area contributed by atoms with Crippen LogP contribution in [0, 0.1) is 0 Å². The molecule has 2 aromatic rings. The molecule has 3 heterocycles. The van der Waals surface area contributed by atoms with E-state index in [1.807, 2.05) is 25.6 Å². The first kappa shape index (κ1) is 17.1. The van der Waals surface area contributed by atoms with Gasteiger partial charge in [-0.15, -0.1) is 0 Å². The van der Waals surface area contributed by atoms with E-state index in [4.69, 9.17) is 0 Å². The van der Waals surface area contributed by atoms with Crippen molar-refractivity contribution in [3.05, 3.63) is 48.0 Å². The van der Waals surface area contributed by atoms with Gasteiger partial charge in [0.15, 0.2) is 0 Å². The summed E-state index contributed by atoms with van der Waals surface area (Å²) in [7, 11) is 2.04. The van der Waals surface area contributed by atoms with E-state index in [0.29, 0.717) is 13.0 Å². The summed E-state index contributed by atoms with van der Waals surface area (Å²) in [6.07, 6.45) is 7.40. The topological polar surface area (TPSA) is 62.2 Å². The monoisotopic (exact) mass is 353 g/mol. The number of aryl methyl sites for hydroxylation is 1. The van der Waals surface area contributed by atoms with Gasteiger partial charge in [0.2, 0.25) is 5.91 Å². The number of nitrogens with one attached hydrogen (secondary N) is 2. The van der Waals surface area contributed by atoms with Gasteiger partial charge in [0.05, 0.1) is 12.0 Å². The number of carbonyl (C=O) groups excluding carboxylic acids is 1. The third-order valence-corrected chi connectivity index (χ3v) is 5.73. The van der Waals surface area contributed by atoms with Gasteiger partial charge < -0.3 is 15.2 Å². The van der Waals surface area contributed by atoms with Gasteiger partial charge in [-0.1, -0.05) is 18.2 Å². The molecule has 0 aliphatic carbocycles. The fraction of sp³-hybridized carbons (Fsp3) is 0.500. The number of hydrogen-bond acceptors (Lipinski definition) is 4. The molecule has 2 aliphatic rings. The molecule has 1 aromatic carbocycles. The van der Waals surface area contributed by atoms with Crippen LogP contribution < -0.4 is 10.6 Å². The zero-order valence-electron chi connectivity index (χ0n) is 15.4. The summed E-state index contributed by atoms with van der Waals surface area (Å²) in [6, 6.07) is 8.32. The summed E-state index contributed by atoms with van der Waals surface area (Å²) in [5.41, 5.74) is 3.39. The predicted octanol–water partition coefficient (Wildman–Crippen LogP) is 2.28. The Balaban J connectivity index is 1.52. The summed E-state index contributed by atoms with van der Waals surface area (Å²) >= 11 is 0. The number of amides is 1. The van der Waals surface area contributed by atoms with Crippen LogP contribution in [0.15, 0.2) is 36.8 Å². The van der Waals surface area contributed by atoms with Crippen LogP contribution in [0.1, 0.15) is 36.9 Å². The average molecular weight is 353 g/mol. The third-order valence-electron chi connectivity index (χ3n) is 5.73. The van der Waals surface area contributed by atoms with Crippen molar-refractivity contribution < 1.29 is 4.79 Å². The van der Waals surface area contributed by atoms with Gasteiger partial charge in [0, 0.05) is 50.5 Å². The van der Waals surface area contributed by atoms with Gasteiger partial charge in [0.25, 0.3) is 0 Å². The first-order valence-corrected chi connectivity index (χ1v) is 9.44. The highest BCUT2D eigenvalue weighted by atomic mass is 16.1. The van der Waals surface area contributed by atoms with E-state index in [-0.39, 0.29) is 11.4 Å². The lowest BCUT2D eigenvalue weighted by Crippen LogP contribution is -2.46. The van der Waals surface area contributed by atoms with E-state index < -0.39 is 0 Å². The van der Waals surface area contributed by atoms with Crippen LogP contribution in [0.2, 0.25) is 0 Å². The molecule has 0 saturated carbocycles. The molecule has 2 aliphatic heterocycles. The molecule has 0 radical (unpaired) electrons. The second-order valence-corrected chi connectivity index (χ2v) is 7.64. The Morgan fingerprint density at radius 2 is 2.12 bits per heavy atom. The molecule has 6 nitrogen and oxygen atoms in total. The van der Waals surface area contributed by atoms with E-state index in [2.05, 4.69) is 43.3 Å². The van der Waals surface area contributed by atoms with Crippen molar-refractivity contribution in [2.24, 2.45) is 7.05 Å². The first-order valence-electron chi connectivity index (χ1n) is 9.44. The number of rotatable bonds is 2. The molecule has 1 fully saturated rings. The van der Waals surface area contributed by atoms with Crippen molar-refractivity contribution in [2.75, 3.05) is 18.4 Å². The molecule has 1 unspecified atom stereocenters. The Morgan fingerprint density at radius 1 is 1.23 bits per heavy atom. The molecule has 6 heteroatoms. The number of imidazole rings is 1. The van der Waals surface area contributed by atoms with Crippen LogP contribution in [0.4, 0.5) is 5.69 Å². The molecule has 1 spiro atoms. The number of fused-ring (bicyclic) bond motifs is 1. The molecule has 1 saturated heterocycles. The second kappa shape index (κ2) is 7.11. The molecule has 26 heavy (non-hydrogen) atoms. The van der Waals surface area contributed by atoms with Crippen molar-refractivity contribution >= 4 is 11.6 Å². The Bertz CT molecular complexity index is 786. The number of likely N-dealkylation sites (tertiary alicyclic amines) is 1. The Labute approximate surface area is 154 Å². The quantitative estimate of drug-likeness (QED) is 0.869. The average Bonchev–Trinajstić information content (AvgIpc) is 2.91. The smallest absolute Gasteiger partial charge is 0.222 e. The van der Waals surface area contributed by atoms with Gasteiger partial charge >= 0.3 is 0 Å². The van der Waals surface area contributed by atoms with Gasteiger partial charge in [-0.3, -0.25) is 9.69 Å².